The second kappa shape index (κ2) is 10.6. The van der Waals surface area contributed by atoms with Gasteiger partial charge in [0.1, 0.15) is 22.4 Å². The summed E-state index contributed by atoms with van der Waals surface area (Å²) in [7, 11) is 0. The van der Waals surface area contributed by atoms with Crippen LogP contribution in [0, 0.1) is 12.8 Å². The van der Waals surface area contributed by atoms with E-state index >= 15 is 0 Å². The van der Waals surface area contributed by atoms with E-state index in [4.69, 9.17) is 20.8 Å². The molecule has 0 aliphatic heterocycles. The number of aliphatic hydroxyl groups is 1. The zero-order chi connectivity index (χ0) is 22.4. The van der Waals surface area contributed by atoms with E-state index in [2.05, 4.69) is 10.6 Å². The van der Waals surface area contributed by atoms with Crippen molar-refractivity contribution < 1.29 is 23.8 Å². The fraction of sp³-hybridized carbons (Fsp3) is 0.500. The molecule has 31 heavy (non-hydrogen) atoms. The van der Waals surface area contributed by atoms with Crippen LogP contribution in [0.4, 0.5) is 0 Å². The van der Waals surface area contributed by atoms with Crippen molar-refractivity contribution in [1.82, 2.24) is 10.6 Å². The molecule has 2 aromatic rings. The molecule has 2 amide bonds. The van der Waals surface area contributed by atoms with Gasteiger partial charge in [0.25, 0.3) is 5.91 Å². The Morgan fingerprint density at radius 2 is 2.03 bits per heavy atom. The van der Waals surface area contributed by atoms with Crippen LogP contribution in [0.1, 0.15) is 37.7 Å². The maximum atomic E-state index is 12.3. The molecule has 3 rings (SSSR count). The first kappa shape index (κ1) is 23.1. The minimum absolute atomic E-state index is 0.0253. The molecule has 9 heteroatoms. The molecule has 1 heterocycles. The van der Waals surface area contributed by atoms with Gasteiger partial charge >= 0.3 is 5.63 Å². The van der Waals surface area contributed by atoms with Crippen molar-refractivity contribution in [3.05, 3.63) is 39.2 Å². The normalized spacial score (nSPS) is 15.5. The van der Waals surface area contributed by atoms with Crippen molar-refractivity contribution >= 4 is 34.4 Å². The van der Waals surface area contributed by atoms with Gasteiger partial charge < -0.3 is 24.9 Å². The highest BCUT2D eigenvalue weighted by atomic mass is 35.5. The maximum Gasteiger partial charge on any atom is 0.355 e. The van der Waals surface area contributed by atoms with Crippen LogP contribution in [-0.4, -0.2) is 42.7 Å². The Morgan fingerprint density at radius 3 is 2.74 bits per heavy atom. The van der Waals surface area contributed by atoms with Crippen LogP contribution in [0.5, 0.6) is 5.75 Å². The summed E-state index contributed by atoms with van der Waals surface area (Å²) in [6.45, 7) is 1.38. The van der Waals surface area contributed by atoms with Crippen LogP contribution < -0.4 is 21.0 Å². The van der Waals surface area contributed by atoms with Crippen molar-refractivity contribution in [3.63, 3.8) is 0 Å². The Labute approximate surface area is 184 Å². The number of fused-ring (bicyclic) bond motifs is 1. The minimum Gasteiger partial charge on any atom is -0.484 e. The lowest BCUT2D eigenvalue weighted by molar-refractivity contribution is -0.131. The highest BCUT2D eigenvalue weighted by molar-refractivity contribution is 6.31. The summed E-state index contributed by atoms with van der Waals surface area (Å²) < 4.78 is 10.6. The van der Waals surface area contributed by atoms with Crippen LogP contribution in [0.25, 0.3) is 11.0 Å². The molecule has 1 saturated carbocycles. The van der Waals surface area contributed by atoms with Crippen molar-refractivity contribution in [2.75, 3.05) is 19.8 Å². The molecule has 0 bridgehead atoms. The number of hydrogen-bond acceptors (Lipinski definition) is 6. The number of hydrogen-bond donors (Lipinski definition) is 3. The van der Waals surface area contributed by atoms with Crippen LogP contribution >= 0.6 is 11.6 Å². The second-order valence-corrected chi connectivity index (χ2v) is 8.20. The molecular formula is C22H27ClN2O6. The summed E-state index contributed by atoms with van der Waals surface area (Å²) in [5, 5.41) is 15.5. The van der Waals surface area contributed by atoms with Gasteiger partial charge in [0.2, 0.25) is 5.91 Å². The summed E-state index contributed by atoms with van der Waals surface area (Å²) in [6.07, 6.45) is 5.74. The maximum absolute atomic E-state index is 12.3. The average molecular weight is 451 g/mol. The number of aliphatic hydroxyl groups excluding tert-OH is 1. The number of rotatable bonds is 8. The Hall–Kier alpha value is -2.58. The number of ether oxygens (including phenoxy) is 1. The van der Waals surface area contributed by atoms with Gasteiger partial charge in [-0.2, -0.15) is 0 Å². The van der Waals surface area contributed by atoms with E-state index in [1.807, 2.05) is 0 Å². The first-order valence-corrected chi connectivity index (χ1v) is 10.8. The zero-order valence-corrected chi connectivity index (χ0v) is 18.2. The Balaban J connectivity index is 1.52. The molecule has 0 radical (unpaired) electrons. The molecule has 1 atom stereocenters. The lowest BCUT2D eigenvalue weighted by atomic mass is 9.89. The van der Waals surface area contributed by atoms with Crippen LogP contribution in [0.3, 0.4) is 0 Å². The van der Waals surface area contributed by atoms with E-state index in [9.17, 15) is 19.5 Å². The molecule has 1 aliphatic rings. The van der Waals surface area contributed by atoms with Crippen molar-refractivity contribution in [2.24, 2.45) is 5.92 Å². The van der Waals surface area contributed by atoms with E-state index in [1.165, 1.54) is 25.3 Å². The summed E-state index contributed by atoms with van der Waals surface area (Å²) >= 11 is 5.91. The van der Waals surface area contributed by atoms with E-state index in [-0.39, 0.29) is 11.6 Å². The number of carbonyl (C=O) groups is 2. The van der Waals surface area contributed by atoms with Gasteiger partial charge in [-0.1, -0.05) is 30.9 Å². The van der Waals surface area contributed by atoms with E-state index < -0.39 is 30.1 Å². The molecule has 8 nitrogen and oxygen atoms in total. The monoisotopic (exact) mass is 450 g/mol. The lowest BCUT2D eigenvalue weighted by Crippen LogP contribution is -2.50. The molecule has 1 aliphatic carbocycles. The van der Waals surface area contributed by atoms with Gasteiger partial charge in [-0.15, -0.1) is 0 Å². The largest absolute Gasteiger partial charge is 0.484 e. The molecule has 3 N–H and O–H groups in total. The Kier molecular flexibility index (Phi) is 7.92. The molecule has 0 spiro atoms. The molecular weight excluding hydrogens is 424 g/mol. The highest BCUT2D eigenvalue weighted by Gasteiger charge is 2.22. The summed E-state index contributed by atoms with van der Waals surface area (Å²) in [4.78, 5) is 36.2. The molecule has 168 valence electrons. The number of amides is 2. The van der Waals surface area contributed by atoms with E-state index in [0.717, 1.165) is 12.8 Å². The molecule has 1 aromatic carbocycles. The Morgan fingerprint density at radius 1 is 1.29 bits per heavy atom. The zero-order valence-electron chi connectivity index (χ0n) is 17.4. The average Bonchev–Trinajstić information content (AvgIpc) is 2.78. The van der Waals surface area contributed by atoms with E-state index in [1.54, 1.807) is 19.1 Å². The Bertz CT molecular complexity index is 999. The first-order valence-electron chi connectivity index (χ1n) is 10.4. The van der Waals surface area contributed by atoms with Gasteiger partial charge in [-0.05, 0) is 43.4 Å². The third kappa shape index (κ3) is 5.98. The van der Waals surface area contributed by atoms with E-state index in [0.29, 0.717) is 34.7 Å². The van der Waals surface area contributed by atoms with Gasteiger partial charge in [0.05, 0.1) is 6.61 Å². The minimum atomic E-state index is -1.04. The molecule has 0 unspecified atom stereocenters. The standard InChI is InChI=1S/C22H27ClN2O6/c1-13-16-8-7-15(9-18(16)31-22(29)20(13)23)30-12-19(27)25-17(11-26)21(28)24-10-14-5-3-2-4-6-14/h7-9,14,17,26H,2-6,10-12H2,1H3,(H,24,28)(H,25,27)/t17-/m0/s1. The number of nitrogens with one attached hydrogen (secondary N) is 2. The molecule has 0 saturated heterocycles. The second-order valence-electron chi connectivity index (χ2n) is 7.83. The summed E-state index contributed by atoms with van der Waals surface area (Å²) in [6, 6.07) is 3.76. The SMILES string of the molecule is Cc1c(Cl)c(=O)oc2cc(OCC(=O)N[C@@H](CO)C(=O)NCC3CCCCC3)ccc12. The quantitative estimate of drug-likeness (QED) is 0.531. The predicted molar refractivity (Wildman–Crippen MR) is 116 cm³/mol. The fourth-order valence-corrected chi connectivity index (χ4v) is 3.88. The third-order valence-electron chi connectivity index (χ3n) is 5.56. The van der Waals surface area contributed by atoms with Gasteiger partial charge in [-0.25, -0.2) is 4.79 Å². The third-order valence-corrected chi connectivity index (χ3v) is 6.00. The number of benzene rings is 1. The summed E-state index contributed by atoms with van der Waals surface area (Å²) in [5.74, 6) is -0.209. The van der Waals surface area contributed by atoms with Gasteiger partial charge in [-0.3, -0.25) is 9.59 Å². The van der Waals surface area contributed by atoms with Gasteiger partial charge in [0.15, 0.2) is 6.61 Å². The number of aryl methyl sites for hydroxylation is 1. The fourth-order valence-electron chi connectivity index (χ4n) is 3.74. The van der Waals surface area contributed by atoms with Crippen LogP contribution in [-0.2, 0) is 9.59 Å². The smallest absolute Gasteiger partial charge is 0.355 e. The van der Waals surface area contributed by atoms with Crippen molar-refractivity contribution in [1.29, 1.82) is 0 Å². The van der Waals surface area contributed by atoms with Gasteiger partial charge in [0, 0.05) is 18.0 Å². The number of halogens is 1. The topological polar surface area (TPSA) is 118 Å². The van der Waals surface area contributed by atoms with Crippen molar-refractivity contribution in [2.45, 2.75) is 45.1 Å². The van der Waals surface area contributed by atoms with Crippen molar-refractivity contribution in [3.8, 4) is 5.75 Å². The lowest BCUT2D eigenvalue weighted by Gasteiger charge is -2.23. The highest BCUT2D eigenvalue weighted by Crippen LogP contribution is 2.26. The molecule has 1 aromatic heterocycles. The van der Waals surface area contributed by atoms with Crippen LogP contribution in [0.15, 0.2) is 27.4 Å². The first-order chi connectivity index (χ1) is 14.9. The molecule has 1 fully saturated rings. The van der Waals surface area contributed by atoms with Crippen LogP contribution in [0.2, 0.25) is 5.02 Å². The summed E-state index contributed by atoms with van der Waals surface area (Å²) in [5.41, 5.74) is 0.244. The predicted octanol–water partition coefficient (Wildman–Crippen LogP) is 2.31. The number of carbonyl (C=O) groups excluding carboxylic acids is 2.